The molecule has 0 spiro atoms. The summed E-state index contributed by atoms with van der Waals surface area (Å²) >= 11 is 2.08. The summed E-state index contributed by atoms with van der Waals surface area (Å²) in [5.41, 5.74) is 1.56. The van der Waals surface area contributed by atoms with E-state index in [9.17, 15) is 0 Å². The Morgan fingerprint density at radius 3 is 3.00 bits per heavy atom. The molecule has 0 saturated carbocycles. The maximum absolute atomic E-state index is 3.48. The molecule has 0 radical (unpaired) electrons. The first kappa shape index (κ1) is 13.0. The first-order valence-electron chi connectivity index (χ1n) is 6.77. The minimum absolute atomic E-state index is 0.675. The number of benzene rings is 1. The van der Waals surface area contributed by atoms with E-state index in [1.165, 1.54) is 30.6 Å². The van der Waals surface area contributed by atoms with Crippen molar-refractivity contribution in [1.29, 1.82) is 0 Å². The fourth-order valence-electron chi connectivity index (χ4n) is 2.52. The third-order valence-corrected chi connectivity index (χ3v) is 4.82. The van der Waals surface area contributed by atoms with Gasteiger partial charge in [0, 0.05) is 16.2 Å². The summed E-state index contributed by atoms with van der Waals surface area (Å²) in [6.45, 7) is 5.56. The van der Waals surface area contributed by atoms with Gasteiger partial charge in [0.2, 0.25) is 0 Å². The summed E-state index contributed by atoms with van der Waals surface area (Å²) in [6.07, 6.45) is 5.28. The highest BCUT2D eigenvalue weighted by atomic mass is 32.2. The van der Waals surface area contributed by atoms with Crippen LogP contribution in [0.25, 0.3) is 0 Å². The molecule has 1 aromatic carbocycles. The van der Waals surface area contributed by atoms with Crippen molar-refractivity contribution in [3.8, 4) is 0 Å². The van der Waals surface area contributed by atoms with Crippen LogP contribution in [0, 0.1) is 0 Å². The number of hydrogen-bond donors (Lipinski definition) is 1. The van der Waals surface area contributed by atoms with Crippen molar-refractivity contribution in [2.45, 2.75) is 55.7 Å². The molecule has 17 heavy (non-hydrogen) atoms. The molecule has 1 nitrogen and oxygen atoms in total. The van der Waals surface area contributed by atoms with Gasteiger partial charge in [-0.3, -0.25) is 0 Å². The van der Waals surface area contributed by atoms with Crippen molar-refractivity contribution in [1.82, 2.24) is 5.32 Å². The van der Waals surface area contributed by atoms with Crippen molar-refractivity contribution in [3.05, 3.63) is 29.8 Å². The van der Waals surface area contributed by atoms with Crippen molar-refractivity contribution in [2.75, 3.05) is 6.54 Å². The lowest BCUT2D eigenvalue weighted by Gasteiger charge is -2.13. The first-order valence-corrected chi connectivity index (χ1v) is 7.65. The highest BCUT2D eigenvalue weighted by molar-refractivity contribution is 8.00. The normalized spacial score (nSPS) is 20.2. The van der Waals surface area contributed by atoms with Crippen molar-refractivity contribution < 1.29 is 0 Å². The van der Waals surface area contributed by atoms with Crippen LogP contribution in [0.2, 0.25) is 0 Å². The van der Waals surface area contributed by atoms with Gasteiger partial charge in [-0.2, -0.15) is 0 Å². The molecule has 1 heterocycles. The first-order chi connectivity index (χ1) is 8.29. The van der Waals surface area contributed by atoms with E-state index in [1.807, 2.05) is 0 Å². The molecular formula is C15H23NS. The van der Waals surface area contributed by atoms with Gasteiger partial charge in [-0.25, -0.2) is 0 Å². The average molecular weight is 249 g/mol. The Morgan fingerprint density at radius 1 is 1.41 bits per heavy atom. The van der Waals surface area contributed by atoms with E-state index in [1.54, 1.807) is 5.56 Å². The maximum Gasteiger partial charge on any atom is 0.0135 e. The fraction of sp³-hybridized carbons (Fsp3) is 0.600. The van der Waals surface area contributed by atoms with Crippen LogP contribution in [-0.2, 0) is 6.42 Å². The van der Waals surface area contributed by atoms with Crippen LogP contribution in [0.5, 0.6) is 0 Å². The molecule has 0 bridgehead atoms. The summed E-state index contributed by atoms with van der Waals surface area (Å²) in [5, 5.41) is 4.30. The van der Waals surface area contributed by atoms with Crippen LogP contribution >= 0.6 is 11.8 Å². The van der Waals surface area contributed by atoms with Crippen LogP contribution in [0.3, 0.4) is 0 Å². The summed E-state index contributed by atoms with van der Waals surface area (Å²) in [6, 6.07) is 9.54. The van der Waals surface area contributed by atoms with Crippen molar-refractivity contribution >= 4 is 11.8 Å². The minimum atomic E-state index is 0.675. The van der Waals surface area contributed by atoms with Crippen LogP contribution in [0.15, 0.2) is 29.2 Å². The molecule has 1 aliphatic rings. The predicted molar refractivity (Wildman–Crippen MR) is 76.8 cm³/mol. The Labute approximate surface area is 109 Å². The summed E-state index contributed by atoms with van der Waals surface area (Å²) in [4.78, 5) is 1.51. The van der Waals surface area contributed by atoms with Gasteiger partial charge < -0.3 is 5.32 Å². The lowest BCUT2D eigenvalue weighted by molar-refractivity contribution is 0.499. The third-order valence-electron chi connectivity index (χ3n) is 3.43. The van der Waals surface area contributed by atoms with E-state index in [0.717, 1.165) is 11.8 Å². The lowest BCUT2D eigenvalue weighted by Crippen LogP contribution is -2.25. The van der Waals surface area contributed by atoms with Gasteiger partial charge in [0.25, 0.3) is 0 Å². The van der Waals surface area contributed by atoms with Crippen LogP contribution in [-0.4, -0.2) is 17.8 Å². The Balaban J connectivity index is 1.70. The smallest absolute Gasteiger partial charge is 0.0135 e. The molecule has 0 fully saturated rings. The summed E-state index contributed by atoms with van der Waals surface area (Å²) in [5.74, 6) is 0. The van der Waals surface area contributed by atoms with Crippen molar-refractivity contribution in [3.63, 3.8) is 0 Å². The second-order valence-corrected chi connectivity index (χ2v) is 6.28. The molecule has 1 aliphatic heterocycles. The molecule has 2 atom stereocenters. The van der Waals surface area contributed by atoms with Gasteiger partial charge >= 0.3 is 0 Å². The quantitative estimate of drug-likeness (QED) is 0.821. The molecule has 2 unspecified atom stereocenters. The zero-order valence-corrected chi connectivity index (χ0v) is 11.7. The molecule has 2 rings (SSSR count). The molecule has 2 heteroatoms. The van der Waals surface area contributed by atoms with E-state index in [-0.39, 0.29) is 0 Å². The van der Waals surface area contributed by atoms with Gasteiger partial charge in [-0.1, -0.05) is 31.5 Å². The molecule has 0 aliphatic carbocycles. The molecule has 0 aromatic heterocycles. The van der Waals surface area contributed by atoms with Crippen LogP contribution < -0.4 is 5.32 Å². The standard InChI is InChI=1S/C15H23NS/c1-3-16-12(2)7-6-9-14-11-13-8-4-5-10-15(13)17-14/h4-5,8,10,12,14,16H,3,6-7,9,11H2,1-2H3. The number of hydrogen-bond acceptors (Lipinski definition) is 2. The van der Waals surface area contributed by atoms with Crippen molar-refractivity contribution in [2.24, 2.45) is 0 Å². The lowest BCUT2D eigenvalue weighted by atomic mass is 10.0. The number of fused-ring (bicyclic) bond motifs is 1. The number of nitrogens with one attached hydrogen (secondary N) is 1. The number of thioether (sulfide) groups is 1. The predicted octanol–water partition coefficient (Wildman–Crippen LogP) is 3.87. The monoisotopic (exact) mass is 249 g/mol. The minimum Gasteiger partial charge on any atom is -0.315 e. The van der Waals surface area contributed by atoms with Gasteiger partial charge in [0.05, 0.1) is 0 Å². The second-order valence-electron chi connectivity index (χ2n) is 4.94. The Kier molecular flexibility index (Phi) is 4.93. The SMILES string of the molecule is CCNC(C)CCCC1Cc2ccccc2S1. The van der Waals surface area contributed by atoms with E-state index in [0.29, 0.717) is 6.04 Å². The van der Waals surface area contributed by atoms with E-state index in [2.05, 4.69) is 55.2 Å². The Hall–Kier alpha value is -0.470. The third kappa shape index (κ3) is 3.75. The highest BCUT2D eigenvalue weighted by Gasteiger charge is 2.21. The molecule has 1 aromatic rings. The highest BCUT2D eigenvalue weighted by Crippen LogP contribution is 2.38. The molecule has 0 saturated heterocycles. The average Bonchev–Trinajstić information content (AvgIpc) is 2.71. The summed E-state index contributed by atoms with van der Waals surface area (Å²) in [7, 11) is 0. The van der Waals surface area contributed by atoms with Gasteiger partial charge in [-0.05, 0) is 44.4 Å². The summed E-state index contributed by atoms with van der Waals surface area (Å²) < 4.78 is 0. The fourth-order valence-corrected chi connectivity index (χ4v) is 3.88. The van der Waals surface area contributed by atoms with E-state index < -0.39 is 0 Å². The van der Waals surface area contributed by atoms with Crippen LogP contribution in [0.4, 0.5) is 0 Å². The second kappa shape index (κ2) is 6.46. The Morgan fingerprint density at radius 2 is 2.24 bits per heavy atom. The Bertz CT molecular complexity index is 326. The van der Waals surface area contributed by atoms with Gasteiger partial charge in [-0.15, -0.1) is 11.8 Å². The van der Waals surface area contributed by atoms with Crippen LogP contribution in [0.1, 0.15) is 38.7 Å². The molecular weight excluding hydrogens is 226 g/mol. The topological polar surface area (TPSA) is 12.0 Å². The maximum atomic E-state index is 3.48. The van der Waals surface area contributed by atoms with Gasteiger partial charge in [0.1, 0.15) is 0 Å². The number of rotatable bonds is 6. The molecule has 1 N–H and O–H groups in total. The molecule has 94 valence electrons. The van der Waals surface area contributed by atoms with Gasteiger partial charge in [0.15, 0.2) is 0 Å². The van der Waals surface area contributed by atoms with E-state index >= 15 is 0 Å². The largest absolute Gasteiger partial charge is 0.315 e. The zero-order chi connectivity index (χ0) is 12.1. The zero-order valence-electron chi connectivity index (χ0n) is 10.9. The molecule has 0 amide bonds. The van der Waals surface area contributed by atoms with E-state index in [4.69, 9.17) is 0 Å².